The molecule has 1 amide bonds. The van der Waals surface area contributed by atoms with E-state index in [4.69, 9.17) is 4.84 Å². The van der Waals surface area contributed by atoms with Gasteiger partial charge < -0.3 is 5.32 Å². The number of nitrogens with zero attached hydrogens (tertiary/aromatic N) is 1. The van der Waals surface area contributed by atoms with E-state index in [1.54, 1.807) is 0 Å². The summed E-state index contributed by atoms with van der Waals surface area (Å²) < 4.78 is 0. The molecular weight excluding hydrogens is 288 g/mol. The van der Waals surface area contributed by atoms with Crippen LogP contribution in [0.1, 0.15) is 44.6 Å². The van der Waals surface area contributed by atoms with Gasteiger partial charge in [0.2, 0.25) is 0 Å². The van der Waals surface area contributed by atoms with E-state index in [1.165, 1.54) is 19.3 Å². The van der Waals surface area contributed by atoms with E-state index in [0.29, 0.717) is 5.71 Å². The van der Waals surface area contributed by atoms with Crippen LogP contribution >= 0.6 is 0 Å². The topological polar surface area (TPSA) is 50.7 Å². The van der Waals surface area contributed by atoms with Gasteiger partial charge in [0, 0.05) is 11.6 Å². The van der Waals surface area contributed by atoms with Crippen molar-refractivity contribution in [2.75, 3.05) is 0 Å². The summed E-state index contributed by atoms with van der Waals surface area (Å²) in [5.41, 5.74) is 1.68. The predicted octanol–water partition coefficient (Wildman–Crippen LogP) is 4.62. The van der Waals surface area contributed by atoms with Crippen LogP contribution in [0.4, 0.5) is 4.79 Å². The highest BCUT2D eigenvalue weighted by Gasteiger charge is 2.16. The third-order valence-electron chi connectivity index (χ3n) is 4.37. The maximum absolute atomic E-state index is 11.9. The molecule has 0 saturated heterocycles. The Balaban J connectivity index is 1.68. The molecule has 4 heteroatoms. The summed E-state index contributed by atoms with van der Waals surface area (Å²) in [5.74, 6) is 0. The average Bonchev–Trinajstić information content (AvgIpc) is 2.60. The fourth-order valence-corrected chi connectivity index (χ4v) is 3.14. The molecule has 2 aromatic rings. The van der Waals surface area contributed by atoms with Gasteiger partial charge in [-0.3, -0.25) is 4.84 Å². The molecular formula is C19H22N2O2. The van der Waals surface area contributed by atoms with Crippen LogP contribution in [0.5, 0.6) is 0 Å². The molecule has 0 bridgehead atoms. The van der Waals surface area contributed by atoms with E-state index >= 15 is 0 Å². The summed E-state index contributed by atoms with van der Waals surface area (Å²) in [5, 5.41) is 9.16. The molecule has 1 fully saturated rings. The molecule has 1 saturated carbocycles. The molecule has 120 valence electrons. The lowest BCUT2D eigenvalue weighted by Gasteiger charge is -2.21. The molecule has 3 rings (SSSR count). The molecule has 0 radical (unpaired) electrons. The molecule has 0 aliphatic heterocycles. The zero-order chi connectivity index (χ0) is 16.1. The summed E-state index contributed by atoms with van der Waals surface area (Å²) in [6.07, 6.45) is 5.19. The van der Waals surface area contributed by atoms with Gasteiger partial charge in [-0.05, 0) is 30.5 Å². The van der Waals surface area contributed by atoms with Crippen LogP contribution < -0.4 is 5.32 Å². The van der Waals surface area contributed by atoms with E-state index in [9.17, 15) is 4.79 Å². The Morgan fingerprint density at radius 3 is 2.65 bits per heavy atom. The molecule has 0 spiro atoms. The van der Waals surface area contributed by atoms with Crippen molar-refractivity contribution >= 4 is 22.6 Å². The van der Waals surface area contributed by atoms with Gasteiger partial charge in [0.15, 0.2) is 0 Å². The number of rotatable bonds is 3. The van der Waals surface area contributed by atoms with E-state index in [2.05, 4.69) is 22.6 Å². The van der Waals surface area contributed by atoms with Gasteiger partial charge in [0.05, 0.1) is 5.71 Å². The van der Waals surface area contributed by atoms with Crippen molar-refractivity contribution < 1.29 is 9.63 Å². The number of carbonyl (C=O) groups excluding carboxylic acids is 1. The number of fused-ring (bicyclic) bond motifs is 1. The lowest BCUT2D eigenvalue weighted by atomic mass is 9.96. The van der Waals surface area contributed by atoms with E-state index in [1.807, 2.05) is 37.3 Å². The fourth-order valence-electron chi connectivity index (χ4n) is 3.14. The Morgan fingerprint density at radius 2 is 1.83 bits per heavy atom. The number of amides is 1. The van der Waals surface area contributed by atoms with Crippen molar-refractivity contribution in [1.82, 2.24) is 5.32 Å². The van der Waals surface area contributed by atoms with Crippen LogP contribution in [-0.2, 0) is 4.84 Å². The van der Waals surface area contributed by atoms with Crippen molar-refractivity contribution in [3.63, 3.8) is 0 Å². The van der Waals surface area contributed by atoms with Crippen LogP contribution in [0.25, 0.3) is 10.8 Å². The second kappa shape index (κ2) is 7.27. The molecule has 0 aromatic heterocycles. The van der Waals surface area contributed by atoms with Crippen molar-refractivity contribution in [3.8, 4) is 0 Å². The van der Waals surface area contributed by atoms with Gasteiger partial charge in [0.1, 0.15) is 0 Å². The predicted molar refractivity (Wildman–Crippen MR) is 92.6 cm³/mol. The van der Waals surface area contributed by atoms with Crippen LogP contribution in [0.2, 0.25) is 0 Å². The molecule has 23 heavy (non-hydrogen) atoms. The Morgan fingerprint density at radius 1 is 1.09 bits per heavy atom. The van der Waals surface area contributed by atoms with Crippen LogP contribution in [0, 0.1) is 0 Å². The summed E-state index contributed by atoms with van der Waals surface area (Å²) in [4.78, 5) is 16.9. The Kier molecular flexibility index (Phi) is 4.91. The highest BCUT2D eigenvalue weighted by atomic mass is 16.7. The van der Waals surface area contributed by atoms with Gasteiger partial charge in [0.25, 0.3) is 0 Å². The lowest BCUT2D eigenvalue weighted by Crippen LogP contribution is -2.35. The highest BCUT2D eigenvalue weighted by Crippen LogP contribution is 2.20. The van der Waals surface area contributed by atoms with Gasteiger partial charge in [-0.15, -0.1) is 0 Å². The smallest absolute Gasteiger partial charge is 0.317 e. The summed E-state index contributed by atoms with van der Waals surface area (Å²) in [7, 11) is 0. The Bertz CT molecular complexity index is 713. The number of carbonyl (C=O) groups is 1. The monoisotopic (exact) mass is 310 g/mol. The first-order valence-electron chi connectivity index (χ1n) is 8.24. The zero-order valence-corrected chi connectivity index (χ0v) is 13.4. The van der Waals surface area contributed by atoms with Crippen molar-refractivity contribution in [1.29, 1.82) is 0 Å². The lowest BCUT2D eigenvalue weighted by molar-refractivity contribution is 0.143. The van der Waals surface area contributed by atoms with E-state index in [-0.39, 0.29) is 6.04 Å². The minimum Gasteiger partial charge on any atom is -0.317 e. The third-order valence-corrected chi connectivity index (χ3v) is 4.37. The van der Waals surface area contributed by atoms with E-state index in [0.717, 1.165) is 29.2 Å². The maximum atomic E-state index is 11.9. The SMILES string of the molecule is C/C(=N\OC(=O)NC1CCCCC1)c1cccc2ccccc12. The summed E-state index contributed by atoms with van der Waals surface area (Å²) >= 11 is 0. The van der Waals surface area contributed by atoms with Gasteiger partial charge in [-0.2, -0.15) is 0 Å². The number of nitrogens with one attached hydrogen (secondary N) is 1. The Hall–Kier alpha value is -2.36. The molecule has 1 N–H and O–H groups in total. The fraction of sp³-hybridized carbons (Fsp3) is 0.368. The molecule has 4 nitrogen and oxygen atoms in total. The third kappa shape index (κ3) is 3.89. The van der Waals surface area contributed by atoms with Crippen LogP contribution in [0.3, 0.4) is 0 Å². The van der Waals surface area contributed by atoms with Gasteiger partial charge in [-0.25, -0.2) is 4.79 Å². The standard InChI is InChI=1S/C19H22N2O2/c1-14(17-13-7-9-15-8-5-6-12-18(15)17)21-23-19(22)20-16-10-3-2-4-11-16/h5-9,12-13,16H,2-4,10-11H2,1H3,(H,20,22)/b21-14+. The number of hydrogen-bond acceptors (Lipinski definition) is 3. The van der Waals surface area contributed by atoms with Crippen molar-refractivity contribution in [3.05, 3.63) is 48.0 Å². The Labute approximate surface area is 136 Å². The quantitative estimate of drug-likeness (QED) is 0.511. The first kappa shape index (κ1) is 15.5. The number of oxime groups is 1. The minimum atomic E-state index is -0.462. The highest BCUT2D eigenvalue weighted by molar-refractivity contribution is 6.09. The molecule has 0 heterocycles. The molecule has 2 aromatic carbocycles. The molecule has 0 atom stereocenters. The largest absolute Gasteiger partial charge is 0.433 e. The minimum absolute atomic E-state index is 0.226. The second-order valence-corrected chi connectivity index (χ2v) is 6.06. The maximum Gasteiger partial charge on any atom is 0.433 e. The second-order valence-electron chi connectivity index (χ2n) is 6.06. The molecule has 0 unspecified atom stereocenters. The summed E-state index contributed by atoms with van der Waals surface area (Å²) in [6, 6.07) is 14.4. The van der Waals surface area contributed by atoms with Crippen molar-refractivity contribution in [2.24, 2.45) is 5.16 Å². The van der Waals surface area contributed by atoms with Crippen LogP contribution in [0.15, 0.2) is 47.6 Å². The van der Waals surface area contributed by atoms with Crippen LogP contribution in [-0.4, -0.2) is 17.8 Å². The van der Waals surface area contributed by atoms with Gasteiger partial charge >= 0.3 is 6.09 Å². The summed E-state index contributed by atoms with van der Waals surface area (Å²) in [6.45, 7) is 1.86. The first-order chi connectivity index (χ1) is 11.2. The first-order valence-corrected chi connectivity index (χ1v) is 8.24. The van der Waals surface area contributed by atoms with E-state index < -0.39 is 6.09 Å². The van der Waals surface area contributed by atoms with Crippen molar-refractivity contribution in [2.45, 2.75) is 45.1 Å². The molecule has 1 aliphatic carbocycles. The van der Waals surface area contributed by atoms with Gasteiger partial charge in [-0.1, -0.05) is 66.9 Å². The molecule has 1 aliphatic rings. The average molecular weight is 310 g/mol. The number of hydrogen-bond donors (Lipinski definition) is 1. The number of benzene rings is 2. The normalized spacial score (nSPS) is 16.3. The zero-order valence-electron chi connectivity index (χ0n) is 13.4.